The molecule has 0 radical (unpaired) electrons. The Balaban J connectivity index is 1.51. The van der Waals surface area contributed by atoms with Gasteiger partial charge in [-0.2, -0.15) is 0 Å². The molecule has 0 atom stereocenters. The maximum atomic E-state index is 12.0. The van der Waals surface area contributed by atoms with E-state index in [9.17, 15) is 9.59 Å². The predicted octanol–water partition coefficient (Wildman–Crippen LogP) is 2.82. The standard InChI is InChI=1S/C17H15N5O3S/c1-11(23)19-12-5-7-13(8-6-12)20-15(24)10-26-17-22-21-16(25-17)14-4-2-3-9-18-14/h2-9H,10H2,1H3,(H,19,23)(H,20,24). The molecule has 132 valence electrons. The van der Waals surface area contributed by atoms with Crippen molar-refractivity contribution >= 4 is 35.0 Å². The number of benzene rings is 1. The molecule has 0 unspecified atom stereocenters. The summed E-state index contributed by atoms with van der Waals surface area (Å²) >= 11 is 1.14. The van der Waals surface area contributed by atoms with Gasteiger partial charge in [0.05, 0.1) is 5.75 Å². The van der Waals surface area contributed by atoms with Gasteiger partial charge in [0.2, 0.25) is 11.8 Å². The Morgan fingerprint density at radius 3 is 2.42 bits per heavy atom. The molecule has 0 saturated heterocycles. The first-order chi connectivity index (χ1) is 12.6. The van der Waals surface area contributed by atoms with E-state index < -0.39 is 0 Å². The molecule has 0 aliphatic carbocycles. The van der Waals surface area contributed by atoms with E-state index in [0.29, 0.717) is 28.2 Å². The highest BCUT2D eigenvalue weighted by atomic mass is 32.2. The summed E-state index contributed by atoms with van der Waals surface area (Å²) in [6, 6.07) is 12.2. The number of rotatable bonds is 6. The van der Waals surface area contributed by atoms with Crippen molar-refractivity contribution in [2.45, 2.75) is 12.1 Å². The Labute approximate surface area is 153 Å². The molecular weight excluding hydrogens is 354 g/mol. The summed E-state index contributed by atoms with van der Waals surface area (Å²) in [7, 11) is 0. The Hall–Kier alpha value is -3.20. The van der Waals surface area contributed by atoms with E-state index in [1.54, 1.807) is 42.6 Å². The number of nitrogens with zero attached hydrogens (tertiary/aromatic N) is 3. The van der Waals surface area contributed by atoms with Gasteiger partial charge in [-0.25, -0.2) is 0 Å². The highest BCUT2D eigenvalue weighted by Gasteiger charge is 2.12. The van der Waals surface area contributed by atoms with Crippen molar-refractivity contribution in [1.82, 2.24) is 15.2 Å². The van der Waals surface area contributed by atoms with Crippen LogP contribution in [0, 0.1) is 0 Å². The van der Waals surface area contributed by atoms with Gasteiger partial charge in [0.1, 0.15) is 5.69 Å². The van der Waals surface area contributed by atoms with Crippen LogP contribution in [-0.2, 0) is 9.59 Å². The minimum absolute atomic E-state index is 0.122. The van der Waals surface area contributed by atoms with Crippen molar-refractivity contribution in [2.75, 3.05) is 16.4 Å². The van der Waals surface area contributed by atoms with Crippen LogP contribution in [0.2, 0.25) is 0 Å². The Morgan fingerprint density at radius 2 is 1.77 bits per heavy atom. The van der Waals surface area contributed by atoms with Crippen LogP contribution >= 0.6 is 11.8 Å². The van der Waals surface area contributed by atoms with E-state index >= 15 is 0 Å². The Bertz CT molecular complexity index is 896. The Morgan fingerprint density at radius 1 is 1.04 bits per heavy atom. The van der Waals surface area contributed by atoms with Crippen molar-refractivity contribution in [2.24, 2.45) is 0 Å². The van der Waals surface area contributed by atoms with Crippen LogP contribution in [0.15, 0.2) is 58.3 Å². The zero-order chi connectivity index (χ0) is 18.4. The topological polar surface area (TPSA) is 110 Å². The minimum Gasteiger partial charge on any atom is -0.410 e. The van der Waals surface area contributed by atoms with E-state index in [1.165, 1.54) is 6.92 Å². The molecule has 0 aliphatic heterocycles. The summed E-state index contributed by atoms with van der Waals surface area (Å²) in [5.41, 5.74) is 1.87. The van der Waals surface area contributed by atoms with Crippen LogP contribution in [0.4, 0.5) is 11.4 Å². The highest BCUT2D eigenvalue weighted by Crippen LogP contribution is 2.22. The monoisotopic (exact) mass is 369 g/mol. The van der Waals surface area contributed by atoms with Crippen molar-refractivity contribution in [3.8, 4) is 11.6 Å². The molecule has 2 N–H and O–H groups in total. The zero-order valence-corrected chi connectivity index (χ0v) is 14.6. The Kier molecular flexibility index (Phi) is 5.59. The molecule has 0 spiro atoms. The van der Waals surface area contributed by atoms with Gasteiger partial charge in [-0.3, -0.25) is 14.6 Å². The molecule has 2 aromatic heterocycles. The van der Waals surface area contributed by atoms with Gasteiger partial charge in [-0.15, -0.1) is 10.2 Å². The maximum absolute atomic E-state index is 12.0. The van der Waals surface area contributed by atoms with Crippen LogP contribution < -0.4 is 10.6 Å². The van der Waals surface area contributed by atoms with Crippen LogP contribution in [0.5, 0.6) is 0 Å². The fourth-order valence-corrected chi connectivity index (χ4v) is 2.59. The number of pyridine rings is 1. The average Bonchev–Trinajstić information content (AvgIpc) is 3.11. The lowest BCUT2D eigenvalue weighted by Gasteiger charge is -2.06. The maximum Gasteiger partial charge on any atom is 0.277 e. The van der Waals surface area contributed by atoms with Gasteiger partial charge in [-0.05, 0) is 36.4 Å². The van der Waals surface area contributed by atoms with E-state index in [0.717, 1.165) is 11.8 Å². The second-order valence-corrected chi connectivity index (χ2v) is 6.11. The number of amides is 2. The van der Waals surface area contributed by atoms with Crippen LogP contribution in [0.3, 0.4) is 0 Å². The van der Waals surface area contributed by atoms with E-state index in [2.05, 4.69) is 25.8 Å². The van der Waals surface area contributed by atoms with Gasteiger partial charge in [0.15, 0.2) is 0 Å². The molecule has 2 amide bonds. The third kappa shape index (κ3) is 4.90. The molecule has 0 saturated carbocycles. The van der Waals surface area contributed by atoms with Crippen molar-refractivity contribution in [1.29, 1.82) is 0 Å². The second-order valence-electron chi connectivity index (χ2n) is 5.18. The molecule has 3 aromatic rings. The SMILES string of the molecule is CC(=O)Nc1ccc(NC(=O)CSc2nnc(-c3ccccn3)o2)cc1. The molecule has 9 heteroatoms. The third-order valence-corrected chi connectivity index (χ3v) is 3.92. The minimum atomic E-state index is -0.208. The number of carbonyl (C=O) groups excluding carboxylic acids is 2. The number of carbonyl (C=O) groups is 2. The lowest BCUT2D eigenvalue weighted by atomic mass is 10.3. The molecule has 8 nitrogen and oxygen atoms in total. The number of aromatic nitrogens is 3. The largest absolute Gasteiger partial charge is 0.410 e. The van der Waals surface area contributed by atoms with Crippen molar-refractivity contribution in [3.05, 3.63) is 48.7 Å². The number of hydrogen-bond donors (Lipinski definition) is 2. The summed E-state index contributed by atoms with van der Waals surface area (Å²) < 4.78 is 5.48. The molecule has 26 heavy (non-hydrogen) atoms. The quantitative estimate of drug-likeness (QED) is 0.643. The summed E-state index contributed by atoms with van der Waals surface area (Å²) in [5, 5.41) is 13.5. The smallest absolute Gasteiger partial charge is 0.277 e. The lowest BCUT2D eigenvalue weighted by Crippen LogP contribution is -2.14. The van der Waals surface area contributed by atoms with Crippen LogP contribution in [-0.4, -0.2) is 32.7 Å². The van der Waals surface area contributed by atoms with Crippen LogP contribution in [0.25, 0.3) is 11.6 Å². The first kappa shape index (κ1) is 17.6. The van der Waals surface area contributed by atoms with E-state index in [-0.39, 0.29) is 17.6 Å². The normalized spacial score (nSPS) is 10.3. The van der Waals surface area contributed by atoms with Gasteiger partial charge in [0.25, 0.3) is 11.1 Å². The molecule has 2 heterocycles. The first-order valence-corrected chi connectivity index (χ1v) is 8.64. The number of thioether (sulfide) groups is 1. The van der Waals surface area contributed by atoms with Gasteiger partial charge in [0, 0.05) is 24.5 Å². The molecular formula is C17H15N5O3S. The van der Waals surface area contributed by atoms with Gasteiger partial charge in [-0.1, -0.05) is 17.8 Å². The zero-order valence-electron chi connectivity index (χ0n) is 13.8. The number of anilines is 2. The predicted molar refractivity (Wildman–Crippen MR) is 97.6 cm³/mol. The second kappa shape index (κ2) is 8.26. The summed E-state index contributed by atoms with van der Waals surface area (Å²) in [6.07, 6.45) is 1.64. The molecule has 0 aliphatic rings. The van der Waals surface area contributed by atoms with Crippen LogP contribution in [0.1, 0.15) is 6.92 Å². The van der Waals surface area contributed by atoms with Crippen molar-refractivity contribution in [3.63, 3.8) is 0 Å². The number of hydrogen-bond acceptors (Lipinski definition) is 7. The fourth-order valence-electron chi connectivity index (χ4n) is 2.03. The molecule has 0 bridgehead atoms. The lowest BCUT2D eigenvalue weighted by molar-refractivity contribution is -0.114. The molecule has 0 fully saturated rings. The fraction of sp³-hybridized carbons (Fsp3) is 0.118. The van der Waals surface area contributed by atoms with Crippen molar-refractivity contribution < 1.29 is 14.0 Å². The molecule has 1 aromatic carbocycles. The molecule has 3 rings (SSSR count). The summed E-state index contributed by atoms with van der Waals surface area (Å²) in [5.74, 6) is 0.0712. The highest BCUT2D eigenvalue weighted by molar-refractivity contribution is 7.99. The summed E-state index contributed by atoms with van der Waals surface area (Å²) in [4.78, 5) is 27.1. The van der Waals surface area contributed by atoms with E-state index in [4.69, 9.17) is 4.42 Å². The van der Waals surface area contributed by atoms with E-state index in [1.807, 2.05) is 6.07 Å². The van der Waals surface area contributed by atoms with Gasteiger partial charge >= 0.3 is 0 Å². The average molecular weight is 369 g/mol. The third-order valence-electron chi connectivity index (χ3n) is 3.11. The number of nitrogens with one attached hydrogen (secondary N) is 2. The first-order valence-electron chi connectivity index (χ1n) is 7.65. The summed E-state index contributed by atoms with van der Waals surface area (Å²) in [6.45, 7) is 1.43. The van der Waals surface area contributed by atoms with Gasteiger partial charge < -0.3 is 15.1 Å².